The van der Waals surface area contributed by atoms with Gasteiger partial charge in [-0.1, -0.05) is 6.92 Å². The van der Waals surface area contributed by atoms with Gasteiger partial charge in [0.25, 0.3) is 0 Å². The van der Waals surface area contributed by atoms with Gasteiger partial charge in [-0.15, -0.1) is 11.3 Å². The number of anilines is 1. The smallest absolute Gasteiger partial charge is 0.146 e. The van der Waals surface area contributed by atoms with Gasteiger partial charge in [-0.25, -0.2) is 9.97 Å². The highest BCUT2D eigenvalue weighted by atomic mass is 32.1. The molecule has 6 heteroatoms. The molecule has 1 saturated carbocycles. The minimum atomic E-state index is 0.791. The highest BCUT2D eigenvalue weighted by Crippen LogP contribution is 2.40. The Labute approximate surface area is 159 Å². The molecule has 0 unspecified atom stereocenters. The lowest BCUT2D eigenvalue weighted by Crippen LogP contribution is -2.36. The molecule has 0 aromatic carbocycles. The van der Waals surface area contributed by atoms with E-state index in [9.17, 15) is 0 Å². The summed E-state index contributed by atoms with van der Waals surface area (Å²) in [5.74, 6) is 3.69. The first-order valence-corrected chi connectivity index (χ1v) is 10.9. The van der Waals surface area contributed by atoms with Gasteiger partial charge in [-0.2, -0.15) is 0 Å². The highest BCUT2D eigenvalue weighted by Gasteiger charge is 2.26. The van der Waals surface area contributed by atoms with Crippen LogP contribution in [0.5, 0.6) is 0 Å². The lowest BCUT2D eigenvalue weighted by Gasteiger charge is -2.26. The van der Waals surface area contributed by atoms with Gasteiger partial charge in [0.05, 0.1) is 25.1 Å². The highest BCUT2D eigenvalue weighted by molar-refractivity contribution is 7.19. The first-order valence-electron chi connectivity index (χ1n) is 10.1. The molecule has 1 aliphatic heterocycles. The number of fused-ring (bicyclic) bond motifs is 3. The van der Waals surface area contributed by atoms with E-state index in [0.717, 1.165) is 62.9 Å². The molecule has 5 rings (SSSR count). The molecule has 1 atom stereocenters. The Hall–Kier alpha value is -1.24. The van der Waals surface area contributed by atoms with E-state index < -0.39 is 0 Å². The second kappa shape index (κ2) is 7.06. The summed E-state index contributed by atoms with van der Waals surface area (Å²) in [5, 5.41) is 5.01. The topological polar surface area (TPSA) is 50.3 Å². The summed E-state index contributed by atoms with van der Waals surface area (Å²) in [4.78, 5) is 15.1. The maximum Gasteiger partial charge on any atom is 0.146 e. The number of hydrogen-bond donors (Lipinski definition) is 1. The molecule has 1 saturated heterocycles. The minimum absolute atomic E-state index is 0.791. The maximum absolute atomic E-state index is 5.48. The molecule has 0 bridgehead atoms. The van der Waals surface area contributed by atoms with Crippen molar-refractivity contribution in [3.05, 3.63) is 16.3 Å². The van der Waals surface area contributed by atoms with Crippen molar-refractivity contribution in [3.8, 4) is 0 Å². The second-order valence-corrected chi connectivity index (χ2v) is 9.32. The van der Waals surface area contributed by atoms with Crippen molar-refractivity contribution in [2.24, 2.45) is 11.8 Å². The molecule has 0 radical (unpaired) electrons. The summed E-state index contributed by atoms with van der Waals surface area (Å²) in [6, 6.07) is 0. The number of thiophene rings is 1. The Kier molecular flexibility index (Phi) is 4.59. The Morgan fingerprint density at radius 3 is 2.85 bits per heavy atom. The molecule has 3 aliphatic rings. The lowest BCUT2D eigenvalue weighted by atomic mass is 9.89. The van der Waals surface area contributed by atoms with Gasteiger partial charge in [0.1, 0.15) is 16.5 Å². The van der Waals surface area contributed by atoms with Crippen LogP contribution in [-0.4, -0.2) is 47.7 Å². The molecule has 2 aromatic rings. The van der Waals surface area contributed by atoms with E-state index in [1.165, 1.54) is 47.9 Å². The molecule has 3 heterocycles. The third-order valence-corrected chi connectivity index (χ3v) is 7.07. The van der Waals surface area contributed by atoms with E-state index >= 15 is 0 Å². The van der Waals surface area contributed by atoms with E-state index in [1.807, 2.05) is 11.3 Å². The van der Waals surface area contributed by atoms with Gasteiger partial charge in [-0.05, 0) is 49.5 Å². The number of nitrogens with one attached hydrogen (secondary N) is 1. The summed E-state index contributed by atoms with van der Waals surface area (Å²) in [5.41, 5.74) is 1.53. The maximum atomic E-state index is 5.48. The van der Waals surface area contributed by atoms with Crippen LogP contribution in [0.3, 0.4) is 0 Å². The Bertz CT molecular complexity index is 795. The van der Waals surface area contributed by atoms with Crippen LogP contribution in [0.4, 0.5) is 5.82 Å². The first kappa shape index (κ1) is 16.9. The van der Waals surface area contributed by atoms with E-state index in [4.69, 9.17) is 14.7 Å². The number of aryl methyl sites for hydroxylation is 1. The predicted molar refractivity (Wildman–Crippen MR) is 106 cm³/mol. The number of ether oxygens (including phenoxy) is 1. The van der Waals surface area contributed by atoms with Crippen LogP contribution in [0.1, 0.15) is 42.5 Å². The molecule has 140 valence electrons. The van der Waals surface area contributed by atoms with Crippen LogP contribution in [0, 0.1) is 11.8 Å². The van der Waals surface area contributed by atoms with Crippen molar-refractivity contribution in [2.45, 2.75) is 45.6 Å². The third kappa shape index (κ3) is 3.47. The average Bonchev–Trinajstić information content (AvgIpc) is 3.40. The van der Waals surface area contributed by atoms with Crippen LogP contribution in [-0.2, 0) is 24.1 Å². The normalized spacial score (nSPS) is 24.0. The van der Waals surface area contributed by atoms with E-state index in [0.29, 0.717) is 0 Å². The molecule has 0 spiro atoms. The molecule has 0 amide bonds. The Morgan fingerprint density at radius 1 is 1.19 bits per heavy atom. The second-order valence-electron chi connectivity index (χ2n) is 8.23. The standard InChI is InChI=1S/C20H28N4OS/c1-13-2-5-15-16(10-13)26-20-18(15)19(21-11-14-3-4-14)22-17(23-20)12-24-6-8-25-9-7-24/h13-14H,2-12H2,1H3,(H,21,22,23)/t13-/m0/s1. The largest absolute Gasteiger partial charge is 0.379 e. The van der Waals surface area contributed by atoms with Gasteiger partial charge >= 0.3 is 0 Å². The Balaban J connectivity index is 1.49. The zero-order valence-corrected chi connectivity index (χ0v) is 16.4. The summed E-state index contributed by atoms with van der Waals surface area (Å²) in [7, 11) is 0. The van der Waals surface area contributed by atoms with E-state index in [2.05, 4.69) is 17.1 Å². The number of aromatic nitrogens is 2. The van der Waals surface area contributed by atoms with Crippen molar-refractivity contribution in [1.82, 2.24) is 14.9 Å². The summed E-state index contributed by atoms with van der Waals surface area (Å²) < 4.78 is 5.48. The zero-order valence-electron chi connectivity index (χ0n) is 15.6. The lowest BCUT2D eigenvalue weighted by molar-refractivity contribution is 0.0331. The predicted octanol–water partition coefficient (Wildman–Crippen LogP) is 3.47. The molecular weight excluding hydrogens is 344 g/mol. The van der Waals surface area contributed by atoms with Crippen LogP contribution in [0.2, 0.25) is 0 Å². The molecule has 26 heavy (non-hydrogen) atoms. The number of nitrogens with zero attached hydrogens (tertiary/aromatic N) is 3. The zero-order chi connectivity index (χ0) is 17.5. The van der Waals surface area contributed by atoms with Crippen LogP contribution in [0.15, 0.2) is 0 Å². The van der Waals surface area contributed by atoms with Gasteiger partial charge in [0, 0.05) is 24.5 Å². The molecule has 2 fully saturated rings. The molecule has 5 nitrogen and oxygen atoms in total. The van der Waals surface area contributed by atoms with E-state index in [-0.39, 0.29) is 0 Å². The van der Waals surface area contributed by atoms with Gasteiger partial charge in [-0.3, -0.25) is 4.90 Å². The minimum Gasteiger partial charge on any atom is -0.379 e. The number of rotatable bonds is 5. The monoisotopic (exact) mass is 372 g/mol. The SMILES string of the molecule is C[C@H]1CCc2c(sc3nc(CN4CCOCC4)nc(NCC4CC4)c23)C1. The van der Waals surface area contributed by atoms with Crippen LogP contribution < -0.4 is 5.32 Å². The molecule has 2 aromatic heterocycles. The fourth-order valence-electron chi connectivity index (χ4n) is 4.11. The van der Waals surface area contributed by atoms with Crippen molar-refractivity contribution in [1.29, 1.82) is 0 Å². The molecule has 2 aliphatic carbocycles. The van der Waals surface area contributed by atoms with Crippen LogP contribution >= 0.6 is 11.3 Å². The fourth-order valence-corrected chi connectivity index (χ4v) is 5.51. The van der Waals surface area contributed by atoms with Crippen molar-refractivity contribution in [3.63, 3.8) is 0 Å². The molecule has 1 N–H and O–H groups in total. The quantitative estimate of drug-likeness (QED) is 0.871. The van der Waals surface area contributed by atoms with Crippen molar-refractivity contribution in [2.75, 3.05) is 38.2 Å². The summed E-state index contributed by atoms with van der Waals surface area (Å²) in [6.45, 7) is 7.85. The van der Waals surface area contributed by atoms with Crippen molar-refractivity contribution < 1.29 is 4.74 Å². The third-order valence-electron chi connectivity index (χ3n) is 5.93. The number of morpholine rings is 1. The van der Waals surface area contributed by atoms with Crippen molar-refractivity contribution >= 4 is 27.4 Å². The summed E-state index contributed by atoms with van der Waals surface area (Å²) >= 11 is 1.91. The van der Waals surface area contributed by atoms with Crippen LogP contribution in [0.25, 0.3) is 10.2 Å². The average molecular weight is 373 g/mol. The fraction of sp³-hybridized carbons (Fsp3) is 0.700. The number of hydrogen-bond acceptors (Lipinski definition) is 6. The van der Waals surface area contributed by atoms with E-state index in [1.54, 1.807) is 4.88 Å². The molecular formula is C20H28N4OS. The Morgan fingerprint density at radius 2 is 2.04 bits per heavy atom. The summed E-state index contributed by atoms with van der Waals surface area (Å²) in [6.07, 6.45) is 6.40. The van der Waals surface area contributed by atoms with Gasteiger partial charge in [0.2, 0.25) is 0 Å². The van der Waals surface area contributed by atoms with Gasteiger partial charge < -0.3 is 10.1 Å². The first-order chi connectivity index (χ1) is 12.8. The van der Waals surface area contributed by atoms with Gasteiger partial charge in [0.15, 0.2) is 0 Å².